The summed E-state index contributed by atoms with van der Waals surface area (Å²) >= 11 is 5.87. The fraction of sp³-hybridized carbons (Fsp3) is 0.286. The first-order chi connectivity index (χ1) is 8.97. The van der Waals surface area contributed by atoms with Crippen molar-refractivity contribution in [1.29, 1.82) is 0 Å². The summed E-state index contributed by atoms with van der Waals surface area (Å²) in [6, 6.07) is 5.17. The Hall–Kier alpha value is -1.81. The highest BCUT2D eigenvalue weighted by Crippen LogP contribution is 2.15. The maximum absolute atomic E-state index is 12.3. The molecule has 0 aliphatic rings. The molecule has 0 aliphatic carbocycles. The normalized spacial score (nSPS) is 10.5. The molecule has 4 nitrogen and oxygen atoms in total. The van der Waals surface area contributed by atoms with Crippen molar-refractivity contribution in [1.82, 2.24) is 9.88 Å². The van der Waals surface area contributed by atoms with Gasteiger partial charge in [0.15, 0.2) is 0 Å². The van der Waals surface area contributed by atoms with Crippen LogP contribution in [-0.4, -0.2) is 22.8 Å². The quantitative estimate of drug-likeness (QED) is 0.810. The van der Waals surface area contributed by atoms with Crippen molar-refractivity contribution in [2.45, 2.75) is 20.4 Å². The summed E-state index contributed by atoms with van der Waals surface area (Å²) in [5.41, 5.74) is 2.26. The molecule has 0 saturated heterocycles. The molecule has 2 rings (SSSR count). The van der Waals surface area contributed by atoms with Crippen LogP contribution in [0.2, 0.25) is 5.15 Å². The van der Waals surface area contributed by atoms with Crippen LogP contribution >= 0.6 is 11.6 Å². The molecule has 0 N–H and O–H groups in total. The first-order valence-corrected chi connectivity index (χ1v) is 6.28. The molecule has 0 bridgehead atoms. The van der Waals surface area contributed by atoms with Gasteiger partial charge in [0.1, 0.15) is 10.9 Å². The molecular formula is C14H15ClN2O2. The van der Waals surface area contributed by atoms with E-state index >= 15 is 0 Å². The largest absolute Gasteiger partial charge is 0.469 e. The zero-order valence-electron chi connectivity index (χ0n) is 11.1. The highest BCUT2D eigenvalue weighted by atomic mass is 35.5. The number of rotatable bonds is 3. The van der Waals surface area contributed by atoms with Crippen LogP contribution in [0, 0.1) is 13.8 Å². The molecule has 0 unspecified atom stereocenters. The van der Waals surface area contributed by atoms with Crippen LogP contribution in [0.4, 0.5) is 0 Å². The number of carbonyl (C=O) groups is 1. The number of pyridine rings is 1. The third-order valence-corrected chi connectivity index (χ3v) is 3.08. The predicted octanol–water partition coefficient (Wildman–Crippen LogP) is 3.22. The minimum atomic E-state index is -0.0898. The van der Waals surface area contributed by atoms with Gasteiger partial charge >= 0.3 is 0 Å². The SMILES string of the molecule is Cc1cc(C(=O)N(C)Cc2ccoc2C)cc(Cl)n1. The maximum Gasteiger partial charge on any atom is 0.254 e. The Balaban J connectivity index is 2.17. The molecule has 0 atom stereocenters. The van der Waals surface area contributed by atoms with Gasteiger partial charge in [-0.15, -0.1) is 0 Å². The Bertz CT molecular complexity index is 587. The monoisotopic (exact) mass is 278 g/mol. The van der Waals surface area contributed by atoms with Gasteiger partial charge in [-0.2, -0.15) is 0 Å². The van der Waals surface area contributed by atoms with E-state index in [1.54, 1.807) is 30.3 Å². The summed E-state index contributed by atoms with van der Waals surface area (Å²) in [5, 5.41) is 0.330. The van der Waals surface area contributed by atoms with E-state index in [9.17, 15) is 4.79 Å². The lowest BCUT2D eigenvalue weighted by Crippen LogP contribution is -2.26. The van der Waals surface area contributed by atoms with E-state index in [-0.39, 0.29) is 5.91 Å². The zero-order chi connectivity index (χ0) is 14.0. The maximum atomic E-state index is 12.3. The van der Waals surface area contributed by atoms with Gasteiger partial charge in [0.2, 0.25) is 0 Å². The number of halogens is 1. The molecular weight excluding hydrogens is 264 g/mol. The van der Waals surface area contributed by atoms with Gasteiger partial charge < -0.3 is 9.32 Å². The topological polar surface area (TPSA) is 46.3 Å². The van der Waals surface area contributed by atoms with Crippen molar-refractivity contribution in [3.8, 4) is 0 Å². The van der Waals surface area contributed by atoms with Crippen LogP contribution in [0.15, 0.2) is 28.9 Å². The van der Waals surface area contributed by atoms with Crippen molar-refractivity contribution in [3.63, 3.8) is 0 Å². The van der Waals surface area contributed by atoms with Gasteiger partial charge in [-0.1, -0.05) is 11.6 Å². The predicted molar refractivity (Wildman–Crippen MR) is 73.2 cm³/mol. The first-order valence-electron chi connectivity index (χ1n) is 5.90. The molecule has 2 heterocycles. The lowest BCUT2D eigenvalue weighted by atomic mass is 10.2. The Morgan fingerprint density at radius 1 is 1.42 bits per heavy atom. The van der Waals surface area contributed by atoms with Crippen LogP contribution in [0.5, 0.6) is 0 Å². The lowest BCUT2D eigenvalue weighted by Gasteiger charge is -2.17. The van der Waals surface area contributed by atoms with E-state index in [4.69, 9.17) is 16.0 Å². The van der Waals surface area contributed by atoms with Crippen LogP contribution in [0.25, 0.3) is 0 Å². The molecule has 2 aromatic heterocycles. The molecule has 5 heteroatoms. The second-order valence-corrected chi connectivity index (χ2v) is 4.87. The highest BCUT2D eigenvalue weighted by Gasteiger charge is 2.15. The molecule has 2 aromatic rings. The number of nitrogens with zero attached hydrogens (tertiary/aromatic N) is 2. The molecule has 0 aliphatic heterocycles. The molecule has 19 heavy (non-hydrogen) atoms. The number of hydrogen-bond donors (Lipinski definition) is 0. The van der Waals surface area contributed by atoms with Gasteiger partial charge in [-0.3, -0.25) is 4.79 Å². The van der Waals surface area contributed by atoms with Gasteiger partial charge in [-0.05, 0) is 32.0 Å². The Labute approximate surface area is 117 Å². The van der Waals surface area contributed by atoms with E-state index in [1.807, 2.05) is 19.9 Å². The molecule has 0 spiro atoms. The second-order valence-electron chi connectivity index (χ2n) is 4.48. The van der Waals surface area contributed by atoms with E-state index < -0.39 is 0 Å². The first kappa shape index (κ1) is 13.6. The smallest absolute Gasteiger partial charge is 0.254 e. The summed E-state index contributed by atoms with van der Waals surface area (Å²) in [6.45, 7) is 4.18. The van der Waals surface area contributed by atoms with Crippen molar-refractivity contribution in [3.05, 3.63) is 52.2 Å². The van der Waals surface area contributed by atoms with Gasteiger partial charge in [-0.25, -0.2) is 4.98 Å². The highest BCUT2D eigenvalue weighted by molar-refractivity contribution is 6.29. The van der Waals surface area contributed by atoms with Crippen LogP contribution in [0.1, 0.15) is 27.4 Å². The average molecular weight is 279 g/mol. The van der Waals surface area contributed by atoms with Crippen molar-refractivity contribution < 1.29 is 9.21 Å². The summed E-state index contributed by atoms with van der Waals surface area (Å²) in [4.78, 5) is 18.0. The molecule has 0 fully saturated rings. The van der Waals surface area contributed by atoms with Gasteiger partial charge in [0.25, 0.3) is 5.91 Å². The number of carbonyl (C=O) groups excluding carboxylic acids is 1. The van der Waals surface area contributed by atoms with Crippen LogP contribution in [0.3, 0.4) is 0 Å². The van der Waals surface area contributed by atoms with Crippen LogP contribution in [-0.2, 0) is 6.54 Å². The number of aromatic nitrogens is 1. The van der Waals surface area contributed by atoms with E-state index in [2.05, 4.69) is 4.98 Å². The summed E-state index contributed by atoms with van der Waals surface area (Å²) in [5.74, 6) is 0.733. The van der Waals surface area contributed by atoms with E-state index in [0.29, 0.717) is 17.3 Å². The Morgan fingerprint density at radius 2 is 2.16 bits per heavy atom. The summed E-state index contributed by atoms with van der Waals surface area (Å²) in [7, 11) is 1.75. The summed E-state index contributed by atoms with van der Waals surface area (Å²) < 4.78 is 5.22. The van der Waals surface area contributed by atoms with Crippen molar-refractivity contribution in [2.75, 3.05) is 7.05 Å². The zero-order valence-corrected chi connectivity index (χ0v) is 11.9. The molecule has 1 amide bonds. The summed E-state index contributed by atoms with van der Waals surface area (Å²) in [6.07, 6.45) is 1.62. The Morgan fingerprint density at radius 3 is 2.74 bits per heavy atom. The Kier molecular flexibility index (Phi) is 3.90. The fourth-order valence-corrected chi connectivity index (χ4v) is 2.13. The average Bonchev–Trinajstić information content (AvgIpc) is 2.72. The third kappa shape index (κ3) is 3.15. The second kappa shape index (κ2) is 5.45. The molecule has 0 saturated carbocycles. The van der Waals surface area contributed by atoms with E-state index in [0.717, 1.165) is 17.0 Å². The minimum absolute atomic E-state index is 0.0898. The number of furan rings is 1. The van der Waals surface area contributed by atoms with Crippen molar-refractivity contribution in [2.24, 2.45) is 0 Å². The van der Waals surface area contributed by atoms with Crippen molar-refractivity contribution >= 4 is 17.5 Å². The number of aryl methyl sites for hydroxylation is 2. The van der Waals surface area contributed by atoms with E-state index in [1.165, 1.54) is 0 Å². The lowest BCUT2D eigenvalue weighted by molar-refractivity contribution is 0.0784. The molecule has 0 radical (unpaired) electrons. The van der Waals surface area contributed by atoms with Gasteiger partial charge in [0, 0.05) is 30.4 Å². The minimum Gasteiger partial charge on any atom is -0.469 e. The number of hydrogen-bond acceptors (Lipinski definition) is 3. The molecule has 0 aromatic carbocycles. The standard InChI is InChI=1S/C14H15ClN2O2/c1-9-6-12(7-13(15)16-9)14(18)17(3)8-11-4-5-19-10(11)2/h4-7H,8H2,1-3H3. The number of amides is 1. The fourth-order valence-electron chi connectivity index (χ4n) is 1.87. The van der Waals surface area contributed by atoms with Crippen LogP contribution < -0.4 is 0 Å². The van der Waals surface area contributed by atoms with Gasteiger partial charge in [0.05, 0.1) is 6.26 Å². The molecule has 100 valence electrons. The third-order valence-electron chi connectivity index (χ3n) is 2.89.